The highest BCUT2D eigenvalue weighted by Gasteiger charge is 2.21. The van der Waals surface area contributed by atoms with Crippen LogP contribution in [0.5, 0.6) is 0 Å². The number of rotatable bonds is 6. The van der Waals surface area contributed by atoms with Crippen molar-refractivity contribution in [1.29, 1.82) is 0 Å². The van der Waals surface area contributed by atoms with Crippen LogP contribution < -0.4 is 10.6 Å². The summed E-state index contributed by atoms with van der Waals surface area (Å²) in [4.78, 5) is 17.1. The van der Waals surface area contributed by atoms with Crippen molar-refractivity contribution < 1.29 is 4.79 Å². The van der Waals surface area contributed by atoms with Gasteiger partial charge in [0.25, 0.3) is 5.91 Å². The van der Waals surface area contributed by atoms with Gasteiger partial charge >= 0.3 is 0 Å². The van der Waals surface area contributed by atoms with Gasteiger partial charge in [0.15, 0.2) is 5.11 Å². The molecule has 2 N–H and O–H groups in total. The number of carbonyl (C=O) groups is 1. The quantitative estimate of drug-likeness (QED) is 0.543. The lowest BCUT2D eigenvalue weighted by atomic mass is 9.92. The fourth-order valence-electron chi connectivity index (χ4n) is 4.63. The van der Waals surface area contributed by atoms with E-state index in [0.717, 1.165) is 68.5 Å². The zero-order chi connectivity index (χ0) is 20.6. The molecule has 0 bridgehead atoms. The number of carbonyl (C=O) groups excluding carboxylic acids is 1. The van der Waals surface area contributed by atoms with Crippen molar-refractivity contribution in [3.05, 3.63) is 29.8 Å². The Labute approximate surface area is 181 Å². The van der Waals surface area contributed by atoms with E-state index >= 15 is 0 Å². The van der Waals surface area contributed by atoms with Crippen LogP contribution in [0.3, 0.4) is 0 Å². The normalized spacial score (nSPS) is 22.9. The Hall–Kier alpha value is -1.66. The van der Waals surface area contributed by atoms with Crippen molar-refractivity contribution in [3.8, 4) is 0 Å². The lowest BCUT2D eigenvalue weighted by Gasteiger charge is -2.35. The van der Waals surface area contributed by atoms with Gasteiger partial charge in [0.05, 0.1) is 0 Å². The van der Waals surface area contributed by atoms with Crippen molar-refractivity contribution >= 4 is 28.9 Å². The van der Waals surface area contributed by atoms with Crippen LogP contribution in [0.4, 0.5) is 5.69 Å². The van der Waals surface area contributed by atoms with Crippen molar-refractivity contribution in [2.24, 2.45) is 11.8 Å². The first-order valence-electron chi connectivity index (χ1n) is 11.2. The second-order valence-electron chi connectivity index (χ2n) is 8.87. The zero-order valence-corrected chi connectivity index (χ0v) is 18.8. The molecule has 0 saturated carbocycles. The summed E-state index contributed by atoms with van der Waals surface area (Å²) in [6.07, 6.45) is 5.89. The van der Waals surface area contributed by atoms with Gasteiger partial charge in [-0.15, -0.1) is 0 Å². The number of anilines is 1. The molecule has 6 heteroatoms. The highest BCUT2D eigenvalue weighted by Crippen LogP contribution is 2.20. The van der Waals surface area contributed by atoms with Gasteiger partial charge in [-0.2, -0.15) is 0 Å². The van der Waals surface area contributed by atoms with Crippen LogP contribution in [0.25, 0.3) is 0 Å². The minimum atomic E-state index is 0.137. The lowest BCUT2D eigenvalue weighted by Crippen LogP contribution is -2.40. The fourth-order valence-corrected chi connectivity index (χ4v) is 4.85. The molecule has 1 aromatic rings. The number of piperidine rings is 2. The first-order valence-corrected chi connectivity index (χ1v) is 11.6. The Kier molecular flexibility index (Phi) is 8.30. The summed E-state index contributed by atoms with van der Waals surface area (Å²) >= 11 is 5.42. The molecule has 1 aromatic carbocycles. The van der Waals surface area contributed by atoms with Crippen molar-refractivity contribution in [3.63, 3.8) is 0 Å². The molecule has 0 radical (unpaired) electrons. The summed E-state index contributed by atoms with van der Waals surface area (Å²) in [7, 11) is 0. The van der Waals surface area contributed by atoms with E-state index in [1.807, 2.05) is 29.2 Å². The van der Waals surface area contributed by atoms with E-state index in [-0.39, 0.29) is 5.91 Å². The molecular formula is C23H36N4OS. The molecule has 5 nitrogen and oxygen atoms in total. The van der Waals surface area contributed by atoms with Crippen LogP contribution in [0.15, 0.2) is 24.3 Å². The van der Waals surface area contributed by atoms with Gasteiger partial charge in [-0.1, -0.05) is 13.8 Å². The van der Waals surface area contributed by atoms with Crippen molar-refractivity contribution in [2.75, 3.05) is 44.6 Å². The van der Waals surface area contributed by atoms with Crippen LogP contribution in [0.1, 0.15) is 56.3 Å². The smallest absolute Gasteiger partial charge is 0.253 e. The largest absolute Gasteiger partial charge is 0.362 e. The summed E-state index contributed by atoms with van der Waals surface area (Å²) in [5.74, 6) is 1.75. The molecule has 2 heterocycles. The van der Waals surface area contributed by atoms with Crippen molar-refractivity contribution in [2.45, 2.75) is 46.0 Å². The first kappa shape index (κ1) is 22.0. The summed E-state index contributed by atoms with van der Waals surface area (Å²) in [6, 6.07) is 7.64. The fraction of sp³-hybridized carbons (Fsp3) is 0.652. The van der Waals surface area contributed by atoms with Gasteiger partial charge in [-0.3, -0.25) is 4.79 Å². The Bertz CT molecular complexity index is 662. The van der Waals surface area contributed by atoms with Crippen LogP contribution in [-0.4, -0.2) is 60.1 Å². The standard InChI is InChI=1S/C23H36N4OS/c1-18-15-19(2)17-26(16-18)12-6-11-24-23(29)25-21-9-7-20(8-10-21)22(28)27-13-4-3-5-14-27/h7-10,18-19H,3-6,11-17H2,1-2H3,(H2,24,25,29)/t18-,19-/m1/s1. The molecule has 29 heavy (non-hydrogen) atoms. The number of benzene rings is 1. The third kappa shape index (κ3) is 6.96. The molecule has 0 spiro atoms. The maximum Gasteiger partial charge on any atom is 0.253 e. The number of hydrogen-bond donors (Lipinski definition) is 2. The van der Waals surface area contributed by atoms with Gasteiger partial charge in [0.2, 0.25) is 0 Å². The minimum absolute atomic E-state index is 0.137. The predicted octanol–water partition coefficient (Wildman–Crippen LogP) is 3.97. The number of nitrogens with one attached hydrogen (secondary N) is 2. The number of hydrogen-bond acceptors (Lipinski definition) is 3. The Morgan fingerprint density at radius 1 is 1.07 bits per heavy atom. The van der Waals surface area contributed by atoms with Crippen LogP contribution in [0, 0.1) is 11.8 Å². The molecule has 160 valence electrons. The molecule has 2 atom stereocenters. The van der Waals surface area contributed by atoms with E-state index in [0.29, 0.717) is 5.11 Å². The molecule has 2 aliphatic rings. The van der Waals surface area contributed by atoms with Gasteiger partial charge in [-0.25, -0.2) is 0 Å². The molecule has 2 saturated heterocycles. The topological polar surface area (TPSA) is 47.6 Å². The minimum Gasteiger partial charge on any atom is -0.362 e. The summed E-state index contributed by atoms with van der Waals surface area (Å²) in [5, 5.41) is 7.16. The molecule has 0 aliphatic carbocycles. The first-order chi connectivity index (χ1) is 14.0. The number of amides is 1. The zero-order valence-electron chi connectivity index (χ0n) is 18.0. The van der Waals surface area contributed by atoms with Gasteiger partial charge in [-0.05, 0) is 87.0 Å². The van der Waals surface area contributed by atoms with Gasteiger partial charge in [0.1, 0.15) is 0 Å². The van der Waals surface area contributed by atoms with E-state index in [2.05, 4.69) is 29.4 Å². The highest BCUT2D eigenvalue weighted by atomic mass is 32.1. The number of thiocarbonyl (C=S) groups is 1. The Morgan fingerprint density at radius 2 is 1.72 bits per heavy atom. The molecule has 3 rings (SSSR count). The van der Waals surface area contributed by atoms with E-state index in [4.69, 9.17) is 12.2 Å². The molecule has 2 fully saturated rings. The van der Waals surface area contributed by atoms with E-state index < -0.39 is 0 Å². The summed E-state index contributed by atoms with van der Waals surface area (Å²) in [6.45, 7) is 10.9. The second-order valence-corrected chi connectivity index (χ2v) is 9.28. The average Bonchev–Trinajstić information content (AvgIpc) is 2.71. The molecule has 0 aromatic heterocycles. The summed E-state index contributed by atoms with van der Waals surface area (Å²) < 4.78 is 0. The SMILES string of the molecule is C[C@@H]1C[C@@H](C)CN(CCCNC(=S)Nc2ccc(C(=O)N3CCCCC3)cc2)C1. The van der Waals surface area contributed by atoms with E-state index in [1.165, 1.54) is 25.9 Å². The molecule has 1 amide bonds. The lowest BCUT2D eigenvalue weighted by molar-refractivity contribution is 0.0724. The third-order valence-corrected chi connectivity index (χ3v) is 6.16. The average molecular weight is 417 g/mol. The molecular weight excluding hydrogens is 380 g/mol. The second kappa shape index (κ2) is 10.9. The van der Waals surface area contributed by atoms with Gasteiger partial charge in [0, 0.05) is 44.0 Å². The number of likely N-dealkylation sites (tertiary alicyclic amines) is 2. The van der Waals surface area contributed by atoms with E-state index in [1.54, 1.807) is 0 Å². The third-order valence-electron chi connectivity index (χ3n) is 5.91. The van der Waals surface area contributed by atoms with Crippen molar-refractivity contribution in [1.82, 2.24) is 15.1 Å². The molecule has 2 aliphatic heterocycles. The predicted molar refractivity (Wildman–Crippen MR) is 124 cm³/mol. The number of nitrogens with zero attached hydrogens (tertiary/aromatic N) is 2. The Morgan fingerprint density at radius 3 is 2.38 bits per heavy atom. The van der Waals surface area contributed by atoms with Crippen LogP contribution in [-0.2, 0) is 0 Å². The maximum absolute atomic E-state index is 12.5. The maximum atomic E-state index is 12.5. The van der Waals surface area contributed by atoms with Crippen LogP contribution >= 0.6 is 12.2 Å². The van der Waals surface area contributed by atoms with Gasteiger partial charge < -0.3 is 20.4 Å². The molecule has 0 unspecified atom stereocenters. The highest BCUT2D eigenvalue weighted by molar-refractivity contribution is 7.80. The van der Waals surface area contributed by atoms with Crippen LogP contribution in [0.2, 0.25) is 0 Å². The Balaban J connectivity index is 1.36. The monoisotopic (exact) mass is 416 g/mol. The van der Waals surface area contributed by atoms with E-state index in [9.17, 15) is 4.79 Å². The summed E-state index contributed by atoms with van der Waals surface area (Å²) in [5.41, 5.74) is 1.66.